The minimum Gasteiger partial charge on any atom is -0.493 e. The van der Waals surface area contributed by atoms with Crippen LogP contribution in [-0.2, 0) is 23.1 Å². The third-order valence-corrected chi connectivity index (χ3v) is 7.24. The number of imidazole rings is 1. The SMILES string of the molecule is COC(=O)/N=C(\N)c1ccc(NCc2nc3cc(C(=O)N(CCC(=O)Oc4ccccc4OC)c4ccccn4)ccc3n2C)cc1. The van der Waals surface area contributed by atoms with E-state index in [1.165, 1.54) is 19.1 Å². The van der Waals surface area contributed by atoms with E-state index in [1.807, 2.05) is 29.8 Å². The molecule has 0 saturated heterocycles. The maximum atomic E-state index is 13.8. The topological polar surface area (TPSA) is 163 Å². The molecule has 13 heteroatoms. The number of esters is 1. The maximum absolute atomic E-state index is 13.8. The zero-order valence-electron chi connectivity index (χ0n) is 26.0. The van der Waals surface area contributed by atoms with Gasteiger partial charge in [0.1, 0.15) is 17.5 Å². The van der Waals surface area contributed by atoms with E-state index in [4.69, 9.17) is 20.2 Å². The number of pyridine rings is 1. The Bertz CT molecular complexity index is 1920. The molecular weight excluding hydrogens is 602 g/mol. The van der Waals surface area contributed by atoms with Crippen molar-refractivity contribution in [2.24, 2.45) is 17.8 Å². The van der Waals surface area contributed by atoms with Gasteiger partial charge in [-0.3, -0.25) is 14.5 Å². The smallest absolute Gasteiger partial charge is 0.435 e. The predicted octanol–water partition coefficient (Wildman–Crippen LogP) is 4.70. The molecule has 2 aromatic heterocycles. The molecule has 0 radical (unpaired) electrons. The zero-order valence-corrected chi connectivity index (χ0v) is 26.0. The summed E-state index contributed by atoms with van der Waals surface area (Å²) in [5, 5.41) is 3.32. The van der Waals surface area contributed by atoms with Crippen LogP contribution in [0.1, 0.15) is 28.2 Å². The number of para-hydroxylation sites is 2. The quantitative estimate of drug-likeness (QED) is 0.0900. The standard InChI is InChI=1S/C34H33N7O6/c1-40-26-16-13-23(20-25(26)38-30(40)21-37-24-14-11-22(12-15-24)32(35)39-34(44)46-3)33(43)41(29-10-6-7-18-36-29)19-17-31(42)47-28-9-5-4-8-27(28)45-2/h4-16,18,20,37H,17,19,21H2,1-3H3,(H2,35,39,44). The lowest BCUT2D eigenvalue weighted by Crippen LogP contribution is -2.34. The fourth-order valence-electron chi connectivity index (χ4n) is 4.76. The molecule has 0 fully saturated rings. The first kappa shape index (κ1) is 32.2. The molecule has 47 heavy (non-hydrogen) atoms. The number of amides is 2. The van der Waals surface area contributed by atoms with E-state index in [-0.39, 0.29) is 24.7 Å². The highest BCUT2D eigenvalue weighted by molar-refractivity contribution is 6.07. The van der Waals surface area contributed by atoms with Gasteiger partial charge in [0.15, 0.2) is 11.5 Å². The number of nitrogens with two attached hydrogens (primary N) is 1. The number of hydrogen-bond donors (Lipinski definition) is 2. The highest BCUT2D eigenvalue weighted by atomic mass is 16.6. The molecule has 3 N–H and O–H groups in total. The molecule has 240 valence electrons. The molecule has 13 nitrogen and oxygen atoms in total. The van der Waals surface area contributed by atoms with Crippen LogP contribution in [0.2, 0.25) is 0 Å². The first-order chi connectivity index (χ1) is 22.8. The summed E-state index contributed by atoms with van der Waals surface area (Å²) in [4.78, 5) is 52.2. The average molecular weight is 636 g/mol. The van der Waals surface area contributed by atoms with Crippen molar-refractivity contribution in [3.8, 4) is 11.5 Å². The minimum absolute atomic E-state index is 0.0399. The number of aromatic nitrogens is 3. The predicted molar refractivity (Wildman–Crippen MR) is 177 cm³/mol. The van der Waals surface area contributed by atoms with E-state index in [1.54, 1.807) is 72.9 Å². The van der Waals surface area contributed by atoms with E-state index in [0.717, 1.165) is 17.0 Å². The number of nitrogens with one attached hydrogen (secondary N) is 1. The molecule has 2 heterocycles. The molecule has 0 aliphatic heterocycles. The number of carbonyl (C=O) groups excluding carboxylic acids is 3. The Morgan fingerprint density at radius 2 is 1.66 bits per heavy atom. The molecule has 0 bridgehead atoms. The summed E-state index contributed by atoms with van der Waals surface area (Å²) >= 11 is 0. The van der Waals surface area contributed by atoms with Gasteiger partial charge in [0, 0.05) is 36.6 Å². The van der Waals surface area contributed by atoms with Crippen molar-refractivity contribution in [1.82, 2.24) is 14.5 Å². The van der Waals surface area contributed by atoms with E-state index >= 15 is 0 Å². The van der Waals surface area contributed by atoms with Crippen molar-refractivity contribution >= 4 is 46.3 Å². The van der Waals surface area contributed by atoms with Crippen LogP contribution in [-0.4, -0.2) is 59.1 Å². The Morgan fingerprint density at radius 1 is 0.936 bits per heavy atom. The highest BCUT2D eigenvalue weighted by Crippen LogP contribution is 2.26. The van der Waals surface area contributed by atoms with Crippen molar-refractivity contribution in [1.29, 1.82) is 0 Å². The Morgan fingerprint density at radius 3 is 2.36 bits per heavy atom. The van der Waals surface area contributed by atoms with E-state index < -0.39 is 12.1 Å². The summed E-state index contributed by atoms with van der Waals surface area (Å²) in [6.07, 6.45) is 0.738. The normalized spacial score (nSPS) is 11.2. The second-order valence-corrected chi connectivity index (χ2v) is 10.2. The number of benzene rings is 3. The Labute approximate surface area is 270 Å². The minimum atomic E-state index is -0.772. The molecule has 0 saturated carbocycles. The fourth-order valence-corrected chi connectivity index (χ4v) is 4.76. The molecule has 0 aliphatic rings. The van der Waals surface area contributed by atoms with Crippen LogP contribution in [0.3, 0.4) is 0 Å². The van der Waals surface area contributed by atoms with Crippen molar-refractivity contribution in [2.75, 3.05) is 31.0 Å². The van der Waals surface area contributed by atoms with Crippen LogP contribution in [0.5, 0.6) is 11.5 Å². The van der Waals surface area contributed by atoms with Gasteiger partial charge in [0.05, 0.1) is 38.2 Å². The molecule has 0 aliphatic carbocycles. The van der Waals surface area contributed by atoms with Gasteiger partial charge in [-0.2, -0.15) is 4.99 Å². The van der Waals surface area contributed by atoms with E-state index in [2.05, 4.69) is 20.0 Å². The second-order valence-electron chi connectivity index (χ2n) is 10.2. The van der Waals surface area contributed by atoms with Crippen molar-refractivity contribution in [3.63, 3.8) is 0 Å². The molecule has 5 rings (SSSR count). The number of ether oxygens (including phenoxy) is 3. The Balaban J connectivity index is 1.30. The maximum Gasteiger partial charge on any atom is 0.435 e. The van der Waals surface area contributed by atoms with Crippen LogP contribution in [0.25, 0.3) is 11.0 Å². The van der Waals surface area contributed by atoms with Gasteiger partial charge in [0.2, 0.25) is 0 Å². The molecule has 0 atom stereocenters. The number of rotatable bonds is 11. The Hall–Kier alpha value is -6.24. The van der Waals surface area contributed by atoms with Gasteiger partial charge in [-0.1, -0.05) is 18.2 Å². The van der Waals surface area contributed by atoms with Gasteiger partial charge < -0.3 is 29.8 Å². The number of anilines is 2. The van der Waals surface area contributed by atoms with Crippen LogP contribution >= 0.6 is 0 Å². The average Bonchev–Trinajstić information content (AvgIpc) is 3.42. The molecule has 5 aromatic rings. The second kappa shape index (κ2) is 14.7. The number of hydrogen-bond acceptors (Lipinski definition) is 9. The van der Waals surface area contributed by atoms with Crippen LogP contribution in [0, 0.1) is 0 Å². The van der Waals surface area contributed by atoms with Crippen LogP contribution < -0.4 is 25.4 Å². The largest absolute Gasteiger partial charge is 0.493 e. The molecular formula is C34H33N7O6. The summed E-state index contributed by atoms with van der Waals surface area (Å²) in [7, 11) is 4.62. The fraction of sp³-hybridized carbons (Fsp3) is 0.176. The molecule has 0 spiro atoms. The number of carbonyl (C=O) groups is 3. The van der Waals surface area contributed by atoms with E-state index in [0.29, 0.717) is 40.5 Å². The molecule has 0 unspecified atom stereocenters. The number of nitrogens with zero attached hydrogens (tertiary/aromatic N) is 5. The number of aryl methyl sites for hydroxylation is 1. The van der Waals surface area contributed by atoms with Gasteiger partial charge in [-0.05, 0) is 66.7 Å². The van der Waals surface area contributed by atoms with Gasteiger partial charge >= 0.3 is 12.1 Å². The van der Waals surface area contributed by atoms with Crippen LogP contribution in [0.4, 0.5) is 16.3 Å². The lowest BCUT2D eigenvalue weighted by atomic mass is 10.1. The molecule has 3 aromatic carbocycles. The first-order valence-corrected chi connectivity index (χ1v) is 14.6. The lowest BCUT2D eigenvalue weighted by Gasteiger charge is -2.21. The van der Waals surface area contributed by atoms with Crippen molar-refractivity contribution in [2.45, 2.75) is 13.0 Å². The Kier molecular flexibility index (Phi) is 10.1. The third-order valence-electron chi connectivity index (χ3n) is 7.24. The monoisotopic (exact) mass is 635 g/mol. The summed E-state index contributed by atoms with van der Waals surface area (Å²) in [6, 6.07) is 24.5. The van der Waals surface area contributed by atoms with Gasteiger partial charge in [0.25, 0.3) is 5.91 Å². The van der Waals surface area contributed by atoms with Crippen LogP contribution in [0.15, 0.2) is 96.1 Å². The summed E-state index contributed by atoms with van der Waals surface area (Å²) in [6.45, 7) is 0.437. The third kappa shape index (κ3) is 7.71. The molecule has 2 amide bonds. The van der Waals surface area contributed by atoms with Gasteiger partial charge in [-0.25, -0.2) is 14.8 Å². The van der Waals surface area contributed by atoms with E-state index in [9.17, 15) is 14.4 Å². The van der Waals surface area contributed by atoms with Crippen molar-refractivity contribution in [3.05, 3.63) is 108 Å². The first-order valence-electron chi connectivity index (χ1n) is 14.6. The number of fused-ring (bicyclic) bond motifs is 1. The van der Waals surface area contributed by atoms with Gasteiger partial charge in [-0.15, -0.1) is 0 Å². The summed E-state index contributed by atoms with van der Waals surface area (Å²) in [5.74, 6) is 1.07. The van der Waals surface area contributed by atoms with Crippen molar-refractivity contribution < 1.29 is 28.6 Å². The summed E-state index contributed by atoms with van der Waals surface area (Å²) < 4.78 is 17.2. The number of amidine groups is 1. The summed E-state index contributed by atoms with van der Waals surface area (Å²) in [5.41, 5.74) is 9.11. The number of aliphatic imine (C=N–C) groups is 1. The lowest BCUT2D eigenvalue weighted by molar-refractivity contribution is -0.134. The highest BCUT2D eigenvalue weighted by Gasteiger charge is 2.22. The number of methoxy groups -OCH3 is 2. The zero-order chi connectivity index (χ0) is 33.3.